The van der Waals surface area contributed by atoms with E-state index in [2.05, 4.69) is 33.3 Å². The lowest BCUT2D eigenvalue weighted by Gasteiger charge is -2.10. The number of H-pyrrole nitrogens is 2. The molecule has 3 aliphatic rings. The van der Waals surface area contributed by atoms with Crippen LogP contribution in [-0.4, -0.2) is 66.1 Å². The number of allylic oxidation sites excluding steroid dienone is 2. The van der Waals surface area contributed by atoms with Crippen LogP contribution in [0.25, 0.3) is 6.08 Å². The first kappa shape index (κ1) is 31.8. The number of nitrogens with zero attached hydrogens (tertiary/aromatic N) is 1. The standard InChI is InChI=1S/C33H42N4O6S/c1-6-19-15(2)24(36-33(19)43)11-22-16(3)20(7-9-29(38)39)25(34-22)13-26-21(8-10-30(40)41)17(4)23(35-26)12-27-31(28-14-44-28)18(5)32(42)37-27/h12,18,28,31-32,34-35,37,42H,6-11,13-14H2,1-5H3,(H,38,39)(H,40,41)/p+1/b27-12-/t18-,28-,31-,32?/m1/s1. The smallest absolute Gasteiger partial charge is 0.303 e. The molecule has 0 spiro atoms. The van der Waals surface area contributed by atoms with Crippen molar-refractivity contribution in [2.45, 2.75) is 91.0 Å². The summed E-state index contributed by atoms with van der Waals surface area (Å²) in [5, 5.41) is 33.4. The summed E-state index contributed by atoms with van der Waals surface area (Å²) in [6.45, 7) is 9.90. The Balaban J connectivity index is 1.52. The lowest BCUT2D eigenvalue weighted by Crippen LogP contribution is -2.24. The number of aliphatic carboxylic acids is 2. The molecule has 2 fully saturated rings. The zero-order valence-corrected chi connectivity index (χ0v) is 26.9. The zero-order chi connectivity index (χ0) is 31.9. The highest BCUT2D eigenvalue weighted by Crippen LogP contribution is 2.40. The van der Waals surface area contributed by atoms with Crippen LogP contribution in [0.2, 0.25) is 0 Å². The van der Waals surface area contributed by atoms with E-state index in [4.69, 9.17) is 0 Å². The number of hydrogen-bond donors (Lipinski definition) is 6. The van der Waals surface area contributed by atoms with Crippen LogP contribution < -0.4 is 5.32 Å². The molecule has 10 nitrogen and oxygen atoms in total. The minimum Gasteiger partial charge on any atom is -0.481 e. The molecule has 0 radical (unpaired) electrons. The van der Waals surface area contributed by atoms with Crippen LogP contribution in [0, 0.1) is 25.7 Å². The van der Waals surface area contributed by atoms with Crippen molar-refractivity contribution in [2.24, 2.45) is 16.8 Å². The van der Waals surface area contributed by atoms with Crippen LogP contribution in [0.1, 0.15) is 85.1 Å². The summed E-state index contributed by atoms with van der Waals surface area (Å²) in [5.74, 6) is -0.473. The Morgan fingerprint density at radius 3 is 2.16 bits per heavy atom. The number of carbonyl (C=O) groups excluding carboxylic acids is 1. The molecule has 0 aliphatic carbocycles. The third-order valence-corrected chi connectivity index (χ3v) is 10.6. The number of hydrogen-bond acceptors (Lipinski definition) is 5. The fourth-order valence-electron chi connectivity index (χ4n) is 6.80. The number of carboxylic acid groups (broad SMARTS) is 2. The van der Waals surface area contributed by atoms with Crippen molar-refractivity contribution in [1.82, 2.24) is 15.3 Å². The number of carbonyl (C=O) groups is 3. The van der Waals surface area contributed by atoms with Gasteiger partial charge >= 0.3 is 11.9 Å². The van der Waals surface area contributed by atoms with Crippen molar-refractivity contribution in [3.05, 3.63) is 61.9 Å². The normalized spacial score (nSPS) is 23.9. The molecule has 11 heteroatoms. The fraction of sp³-hybridized carbons (Fsp3) is 0.515. The average Bonchev–Trinajstić information content (AvgIpc) is 3.53. The molecule has 4 atom stereocenters. The van der Waals surface area contributed by atoms with Gasteiger partial charge in [0.15, 0.2) is 11.0 Å². The lowest BCUT2D eigenvalue weighted by molar-refractivity contribution is -0.138. The van der Waals surface area contributed by atoms with Gasteiger partial charge < -0.3 is 30.6 Å². The Hall–Kier alpha value is -3.57. The summed E-state index contributed by atoms with van der Waals surface area (Å²) in [6.07, 6.45) is 3.62. The van der Waals surface area contributed by atoms with Gasteiger partial charge in [0.1, 0.15) is 6.23 Å². The number of nitrogens with one attached hydrogen (secondary N) is 3. The Morgan fingerprint density at radius 2 is 1.59 bits per heavy atom. The zero-order valence-electron chi connectivity index (χ0n) is 26.0. The van der Waals surface area contributed by atoms with E-state index in [1.165, 1.54) is 11.8 Å². The maximum Gasteiger partial charge on any atom is 0.303 e. The SMILES string of the molecule is CCC1=C(C)C(Cc2[nH]c(Cc3[nH]c(/C=C4\NC(O)[C@H](C)[C@H]4[C@H]4C[SH+]4)c(C)c3CCC(=O)O)c(CCC(=O)O)c2C)=NC1=O. The lowest BCUT2D eigenvalue weighted by atomic mass is 9.91. The van der Waals surface area contributed by atoms with E-state index in [0.717, 1.165) is 73.3 Å². The van der Waals surface area contributed by atoms with Crippen molar-refractivity contribution >= 4 is 41.4 Å². The van der Waals surface area contributed by atoms with Gasteiger partial charge in [0, 0.05) is 65.6 Å². The number of aliphatic hydroxyl groups is 1. The summed E-state index contributed by atoms with van der Waals surface area (Å²) < 4.78 is 0. The van der Waals surface area contributed by atoms with Crippen LogP contribution in [0.5, 0.6) is 0 Å². The monoisotopic (exact) mass is 623 g/mol. The molecule has 5 heterocycles. The van der Waals surface area contributed by atoms with E-state index >= 15 is 0 Å². The predicted octanol–water partition coefficient (Wildman–Crippen LogP) is 3.55. The molecule has 2 aromatic rings. The number of thiol groups is 1. The van der Waals surface area contributed by atoms with Gasteiger partial charge in [0.05, 0.1) is 11.6 Å². The van der Waals surface area contributed by atoms with E-state index in [1.54, 1.807) is 0 Å². The molecular weight excluding hydrogens is 580 g/mol. The van der Waals surface area contributed by atoms with Crippen LogP contribution in [0.3, 0.4) is 0 Å². The number of aliphatic hydroxyl groups excluding tert-OH is 1. The van der Waals surface area contributed by atoms with E-state index < -0.39 is 18.2 Å². The number of amides is 1. The summed E-state index contributed by atoms with van der Waals surface area (Å²) in [4.78, 5) is 47.0. The number of rotatable bonds is 13. The fourth-order valence-corrected chi connectivity index (χ4v) is 7.81. The second kappa shape index (κ2) is 12.8. The van der Waals surface area contributed by atoms with Gasteiger partial charge in [-0.2, -0.15) is 0 Å². The minimum atomic E-state index is -0.882. The molecule has 44 heavy (non-hydrogen) atoms. The third kappa shape index (κ3) is 6.44. The first-order valence-corrected chi connectivity index (χ1v) is 16.5. The largest absolute Gasteiger partial charge is 0.481 e. The molecule has 1 unspecified atom stereocenters. The van der Waals surface area contributed by atoms with Gasteiger partial charge in [-0.05, 0) is 85.7 Å². The summed E-state index contributed by atoms with van der Waals surface area (Å²) in [5.41, 5.74) is 10.7. The van der Waals surface area contributed by atoms with Crippen molar-refractivity contribution in [3.63, 3.8) is 0 Å². The number of aliphatic imine (C=N–C) groups is 1. The van der Waals surface area contributed by atoms with Gasteiger partial charge in [-0.1, -0.05) is 13.8 Å². The maximum absolute atomic E-state index is 12.4. The van der Waals surface area contributed by atoms with E-state index in [0.29, 0.717) is 37.4 Å². The summed E-state index contributed by atoms with van der Waals surface area (Å²) >= 11 is 1.40. The highest BCUT2D eigenvalue weighted by molar-refractivity contribution is 7.86. The Morgan fingerprint density at radius 1 is 0.977 bits per heavy atom. The highest BCUT2D eigenvalue weighted by atomic mass is 32.2. The van der Waals surface area contributed by atoms with Crippen LogP contribution in [0.15, 0.2) is 21.8 Å². The second-order valence-electron chi connectivity index (χ2n) is 12.3. The number of aromatic amines is 2. The molecule has 1 amide bonds. The first-order valence-electron chi connectivity index (χ1n) is 15.4. The molecule has 0 aromatic carbocycles. The Bertz CT molecular complexity index is 1590. The van der Waals surface area contributed by atoms with Gasteiger partial charge in [-0.15, -0.1) is 0 Å². The molecular formula is C33H43N4O6S+. The molecule has 2 aromatic heterocycles. The van der Waals surface area contributed by atoms with E-state index in [1.807, 2.05) is 27.7 Å². The van der Waals surface area contributed by atoms with Crippen molar-refractivity contribution in [1.29, 1.82) is 0 Å². The average molecular weight is 624 g/mol. The molecule has 0 bridgehead atoms. The van der Waals surface area contributed by atoms with Crippen molar-refractivity contribution < 1.29 is 29.7 Å². The molecule has 3 aliphatic heterocycles. The molecule has 236 valence electrons. The molecule has 0 saturated carbocycles. The van der Waals surface area contributed by atoms with Crippen LogP contribution >= 0.6 is 0 Å². The van der Waals surface area contributed by atoms with Gasteiger partial charge in [-0.25, -0.2) is 4.99 Å². The van der Waals surface area contributed by atoms with Crippen molar-refractivity contribution in [3.8, 4) is 0 Å². The van der Waals surface area contributed by atoms with Crippen LogP contribution in [0.4, 0.5) is 0 Å². The molecule has 5 rings (SSSR count). The molecule has 2 saturated heterocycles. The van der Waals surface area contributed by atoms with Gasteiger partial charge in [0.2, 0.25) is 0 Å². The highest BCUT2D eigenvalue weighted by Gasteiger charge is 2.51. The Labute approximate surface area is 261 Å². The number of carboxylic acids is 2. The summed E-state index contributed by atoms with van der Waals surface area (Å²) in [6, 6.07) is 0. The third-order valence-electron chi connectivity index (χ3n) is 9.53. The van der Waals surface area contributed by atoms with Gasteiger partial charge in [-0.3, -0.25) is 14.4 Å². The Kier molecular flexibility index (Phi) is 9.27. The number of aromatic nitrogens is 2. The van der Waals surface area contributed by atoms with E-state index in [-0.39, 0.29) is 30.6 Å². The first-order chi connectivity index (χ1) is 20.9. The van der Waals surface area contributed by atoms with Gasteiger partial charge in [0.25, 0.3) is 5.91 Å². The van der Waals surface area contributed by atoms with Crippen molar-refractivity contribution in [2.75, 3.05) is 5.75 Å². The quantitative estimate of drug-likeness (QED) is 0.113. The topological polar surface area (TPSA) is 168 Å². The maximum atomic E-state index is 12.4. The summed E-state index contributed by atoms with van der Waals surface area (Å²) in [7, 11) is 0. The van der Waals surface area contributed by atoms with E-state index in [9.17, 15) is 29.7 Å². The predicted molar refractivity (Wildman–Crippen MR) is 172 cm³/mol. The minimum absolute atomic E-state index is 0.0145. The van der Waals surface area contributed by atoms with Crippen LogP contribution in [-0.2, 0) is 51.8 Å². The molecule has 6 N–H and O–H groups in total. The second-order valence-corrected chi connectivity index (χ2v) is 13.7.